The van der Waals surface area contributed by atoms with Gasteiger partial charge in [-0.15, -0.1) is 0 Å². The first-order valence-corrected chi connectivity index (χ1v) is 7.00. The second-order valence-corrected chi connectivity index (χ2v) is 4.96. The molecule has 0 spiro atoms. The van der Waals surface area contributed by atoms with E-state index in [2.05, 4.69) is 6.08 Å². The fraction of sp³-hybridized carbons (Fsp3) is 0.222. The minimum Gasteiger partial charge on any atom is -0.206 e. The standard InChI is InChI=1S/C18H16F4/c1-2-3-4-5-12-6-8-13(9-7-12)14-10-15(19)17(18(21)22)16(20)11-14/h2-3,6-11,18H,4-5H2,1H3/b3-2+. The third-order valence-corrected chi connectivity index (χ3v) is 3.42. The summed E-state index contributed by atoms with van der Waals surface area (Å²) in [7, 11) is 0. The largest absolute Gasteiger partial charge is 0.269 e. The molecule has 22 heavy (non-hydrogen) atoms. The molecule has 4 heteroatoms. The maximum Gasteiger partial charge on any atom is 0.269 e. The topological polar surface area (TPSA) is 0 Å². The van der Waals surface area contributed by atoms with Crippen LogP contribution in [0.25, 0.3) is 11.1 Å². The van der Waals surface area contributed by atoms with Crippen LogP contribution in [0.2, 0.25) is 0 Å². The molecule has 0 N–H and O–H groups in total. The molecule has 2 aromatic rings. The Hall–Kier alpha value is -2.10. The molecule has 0 saturated heterocycles. The highest BCUT2D eigenvalue weighted by molar-refractivity contribution is 5.64. The highest BCUT2D eigenvalue weighted by Crippen LogP contribution is 2.30. The SMILES string of the molecule is C/C=C/CCc1ccc(-c2cc(F)c(C(F)F)c(F)c2)cc1. The number of allylic oxidation sites excluding steroid dienone is 2. The Kier molecular flexibility index (Phi) is 5.36. The van der Waals surface area contributed by atoms with Crippen LogP contribution >= 0.6 is 0 Å². The van der Waals surface area contributed by atoms with Gasteiger partial charge < -0.3 is 0 Å². The van der Waals surface area contributed by atoms with Gasteiger partial charge in [0.1, 0.15) is 11.6 Å². The van der Waals surface area contributed by atoms with Crippen LogP contribution < -0.4 is 0 Å². The molecule has 2 aromatic carbocycles. The van der Waals surface area contributed by atoms with Crippen molar-refractivity contribution < 1.29 is 17.6 Å². The van der Waals surface area contributed by atoms with Gasteiger partial charge >= 0.3 is 0 Å². The first kappa shape index (κ1) is 16.3. The molecule has 0 atom stereocenters. The zero-order chi connectivity index (χ0) is 16.1. The van der Waals surface area contributed by atoms with Crippen LogP contribution in [0.1, 0.15) is 30.9 Å². The van der Waals surface area contributed by atoms with Gasteiger partial charge in [-0.25, -0.2) is 17.6 Å². The van der Waals surface area contributed by atoms with Crippen LogP contribution in [0, 0.1) is 11.6 Å². The first-order valence-electron chi connectivity index (χ1n) is 7.00. The summed E-state index contributed by atoms with van der Waals surface area (Å²) >= 11 is 0. The smallest absolute Gasteiger partial charge is 0.206 e. The second-order valence-electron chi connectivity index (χ2n) is 4.96. The molecule has 0 aromatic heterocycles. The van der Waals surface area contributed by atoms with Gasteiger partial charge in [0.05, 0.1) is 5.56 Å². The van der Waals surface area contributed by atoms with Crippen LogP contribution in [-0.4, -0.2) is 0 Å². The Morgan fingerprint density at radius 3 is 2.05 bits per heavy atom. The lowest BCUT2D eigenvalue weighted by Crippen LogP contribution is -1.97. The van der Waals surface area contributed by atoms with E-state index in [4.69, 9.17) is 0 Å². The number of rotatable bonds is 5. The molecule has 0 nitrogen and oxygen atoms in total. The minimum absolute atomic E-state index is 0.249. The van der Waals surface area contributed by atoms with E-state index >= 15 is 0 Å². The summed E-state index contributed by atoms with van der Waals surface area (Å²) in [5, 5.41) is 0. The summed E-state index contributed by atoms with van der Waals surface area (Å²) < 4.78 is 52.3. The normalized spacial score (nSPS) is 11.5. The van der Waals surface area contributed by atoms with E-state index in [-0.39, 0.29) is 5.56 Å². The molecule has 0 saturated carbocycles. The lowest BCUT2D eigenvalue weighted by atomic mass is 10.0. The Bertz CT molecular complexity index is 634. The lowest BCUT2D eigenvalue weighted by Gasteiger charge is -2.08. The number of halogens is 4. The summed E-state index contributed by atoms with van der Waals surface area (Å²) in [6, 6.07) is 9.10. The summed E-state index contributed by atoms with van der Waals surface area (Å²) in [6.45, 7) is 1.95. The van der Waals surface area contributed by atoms with Crippen LogP contribution in [0.3, 0.4) is 0 Å². The fourth-order valence-corrected chi connectivity index (χ4v) is 2.24. The van der Waals surface area contributed by atoms with Crippen molar-refractivity contribution in [2.24, 2.45) is 0 Å². The van der Waals surface area contributed by atoms with Crippen molar-refractivity contribution in [3.05, 3.63) is 71.3 Å². The molecule has 116 valence electrons. The van der Waals surface area contributed by atoms with Gasteiger partial charge in [0, 0.05) is 0 Å². The van der Waals surface area contributed by atoms with Crippen molar-refractivity contribution in [2.45, 2.75) is 26.2 Å². The number of benzene rings is 2. The van der Waals surface area contributed by atoms with Crippen molar-refractivity contribution in [1.29, 1.82) is 0 Å². The summed E-state index contributed by atoms with van der Waals surface area (Å²) in [5.41, 5.74) is 0.770. The van der Waals surface area contributed by atoms with Crippen LogP contribution in [0.15, 0.2) is 48.6 Å². The molecule has 0 aliphatic rings. The summed E-state index contributed by atoms with van der Waals surface area (Å²) in [5.74, 6) is -2.44. The number of hydrogen-bond donors (Lipinski definition) is 0. The lowest BCUT2D eigenvalue weighted by molar-refractivity contribution is 0.141. The van der Waals surface area contributed by atoms with Crippen molar-refractivity contribution in [3.8, 4) is 11.1 Å². The number of hydrogen-bond acceptors (Lipinski definition) is 0. The van der Waals surface area contributed by atoms with Gasteiger partial charge in [-0.1, -0.05) is 36.4 Å². The quantitative estimate of drug-likeness (QED) is 0.464. The third-order valence-electron chi connectivity index (χ3n) is 3.42. The van der Waals surface area contributed by atoms with Crippen LogP contribution in [0.4, 0.5) is 17.6 Å². The van der Waals surface area contributed by atoms with Crippen molar-refractivity contribution in [3.63, 3.8) is 0 Å². The molecule has 0 unspecified atom stereocenters. The zero-order valence-corrected chi connectivity index (χ0v) is 12.1. The van der Waals surface area contributed by atoms with Gasteiger partial charge in [0.15, 0.2) is 0 Å². The molecule has 0 aliphatic carbocycles. The van der Waals surface area contributed by atoms with Gasteiger partial charge in [-0.05, 0) is 48.6 Å². The second kappa shape index (κ2) is 7.25. The van der Waals surface area contributed by atoms with E-state index < -0.39 is 23.6 Å². The predicted molar refractivity (Wildman–Crippen MR) is 79.9 cm³/mol. The van der Waals surface area contributed by atoms with Gasteiger partial charge in [-0.3, -0.25) is 0 Å². The van der Waals surface area contributed by atoms with Crippen LogP contribution in [0.5, 0.6) is 0 Å². The van der Waals surface area contributed by atoms with E-state index in [0.29, 0.717) is 5.56 Å². The van der Waals surface area contributed by atoms with E-state index in [1.807, 2.05) is 25.1 Å². The average molecular weight is 308 g/mol. The van der Waals surface area contributed by atoms with Gasteiger partial charge in [0.2, 0.25) is 0 Å². The van der Waals surface area contributed by atoms with Gasteiger partial charge in [0.25, 0.3) is 6.43 Å². The minimum atomic E-state index is -3.16. The zero-order valence-electron chi connectivity index (χ0n) is 12.1. The molecule has 0 heterocycles. The molecule has 0 bridgehead atoms. The first-order chi connectivity index (χ1) is 10.5. The molecular formula is C18H16F4. The molecule has 2 rings (SSSR count). The van der Waals surface area contributed by atoms with Crippen molar-refractivity contribution in [2.75, 3.05) is 0 Å². The maximum absolute atomic E-state index is 13.6. The third kappa shape index (κ3) is 3.75. The number of aryl methyl sites for hydroxylation is 1. The number of alkyl halides is 2. The van der Waals surface area contributed by atoms with E-state index in [1.54, 1.807) is 12.1 Å². The molecule has 0 fully saturated rings. The summed E-state index contributed by atoms with van der Waals surface area (Å²) in [4.78, 5) is 0. The Labute approximate surface area is 127 Å². The highest BCUT2D eigenvalue weighted by atomic mass is 19.3. The molecule has 0 aliphatic heterocycles. The Morgan fingerprint density at radius 2 is 1.55 bits per heavy atom. The van der Waals surface area contributed by atoms with Crippen molar-refractivity contribution >= 4 is 0 Å². The highest BCUT2D eigenvalue weighted by Gasteiger charge is 2.20. The van der Waals surface area contributed by atoms with Crippen molar-refractivity contribution in [1.82, 2.24) is 0 Å². The van der Waals surface area contributed by atoms with E-state index in [1.165, 1.54) is 0 Å². The molecule has 0 radical (unpaired) electrons. The summed E-state index contributed by atoms with van der Waals surface area (Å²) in [6.07, 6.45) is 2.66. The van der Waals surface area contributed by atoms with E-state index in [9.17, 15) is 17.6 Å². The molecule has 0 amide bonds. The fourth-order valence-electron chi connectivity index (χ4n) is 2.24. The Balaban J connectivity index is 2.25. The van der Waals surface area contributed by atoms with E-state index in [0.717, 1.165) is 30.5 Å². The maximum atomic E-state index is 13.6. The predicted octanol–water partition coefficient (Wildman–Crippen LogP) is 6.08. The molecular weight excluding hydrogens is 292 g/mol. The monoisotopic (exact) mass is 308 g/mol. The Morgan fingerprint density at radius 1 is 0.955 bits per heavy atom. The van der Waals surface area contributed by atoms with Crippen LogP contribution in [-0.2, 0) is 6.42 Å². The average Bonchev–Trinajstić information content (AvgIpc) is 2.47. The van der Waals surface area contributed by atoms with Gasteiger partial charge in [-0.2, -0.15) is 0 Å².